The molecule has 17 heavy (non-hydrogen) atoms. The summed E-state index contributed by atoms with van der Waals surface area (Å²) in [5, 5.41) is 8.83. The van der Waals surface area contributed by atoms with Gasteiger partial charge in [-0.2, -0.15) is 16.9 Å². The first-order chi connectivity index (χ1) is 8.19. The average molecular weight is 257 g/mol. The zero-order valence-electron chi connectivity index (χ0n) is 9.73. The minimum atomic E-state index is -0.616. The molecule has 1 rings (SSSR count). The summed E-state index contributed by atoms with van der Waals surface area (Å²) in [5.41, 5.74) is 0.392. The number of methoxy groups -OCH3 is 1. The minimum Gasteiger partial charge on any atom is -0.467 e. The quantitative estimate of drug-likeness (QED) is 0.722. The second-order valence-corrected chi connectivity index (χ2v) is 4.30. The van der Waals surface area contributed by atoms with Crippen LogP contribution < -0.4 is 5.32 Å². The average Bonchev–Trinajstić information content (AvgIpc) is 2.87. The van der Waals surface area contributed by atoms with Crippen LogP contribution >= 0.6 is 11.8 Å². The number of H-pyrrole nitrogens is 1. The Kier molecular flexibility index (Phi) is 5.55. The van der Waals surface area contributed by atoms with Crippen LogP contribution in [0.3, 0.4) is 0 Å². The van der Waals surface area contributed by atoms with Crippen LogP contribution in [0.2, 0.25) is 0 Å². The van der Waals surface area contributed by atoms with Crippen LogP contribution in [-0.2, 0) is 9.53 Å². The normalized spacial score (nSPS) is 11.9. The summed E-state index contributed by atoms with van der Waals surface area (Å²) in [6.07, 6.45) is 5.35. The lowest BCUT2D eigenvalue weighted by molar-refractivity contribution is -0.142. The molecular weight excluding hydrogens is 242 g/mol. The van der Waals surface area contributed by atoms with Crippen molar-refractivity contribution in [3.63, 3.8) is 0 Å². The number of aromatic amines is 1. The van der Waals surface area contributed by atoms with E-state index in [2.05, 4.69) is 20.3 Å². The second-order valence-electron chi connectivity index (χ2n) is 3.32. The number of hydrogen-bond donors (Lipinski definition) is 2. The van der Waals surface area contributed by atoms with Crippen molar-refractivity contribution < 1.29 is 14.3 Å². The third-order valence-electron chi connectivity index (χ3n) is 2.16. The summed E-state index contributed by atoms with van der Waals surface area (Å²) in [6.45, 7) is 0. The van der Waals surface area contributed by atoms with Crippen LogP contribution in [-0.4, -0.2) is 47.2 Å². The summed E-state index contributed by atoms with van der Waals surface area (Å²) >= 11 is 1.60. The number of thioether (sulfide) groups is 1. The van der Waals surface area contributed by atoms with Crippen molar-refractivity contribution in [2.45, 2.75) is 12.5 Å². The lowest BCUT2D eigenvalue weighted by atomic mass is 10.2. The molecule has 94 valence electrons. The largest absolute Gasteiger partial charge is 0.467 e. The summed E-state index contributed by atoms with van der Waals surface area (Å²) in [6, 6.07) is -0.616. The number of amides is 1. The minimum absolute atomic E-state index is 0.338. The van der Waals surface area contributed by atoms with Crippen LogP contribution in [0.25, 0.3) is 0 Å². The van der Waals surface area contributed by atoms with Crippen LogP contribution in [0.5, 0.6) is 0 Å². The van der Waals surface area contributed by atoms with Gasteiger partial charge in [-0.05, 0) is 18.4 Å². The molecule has 1 aromatic rings. The Balaban J connectivity index is 2.59. The standard InChI is InChI=1S/C10H15N3O3S/c1-16-10(15)8(3-4-17-2)13-9(14)7-5-11-12-6-7/h5-6,8H,3-4H2,1-2H3,(H,11,12)(H,13,14). The molecule has 0 spiro atoms. The molecule has 0 aliphatic rings. The van der Waals surface area contributed by atoms with E-state index in [9.17, 15) is 9.59 Å². The summed E-state index contributed by atoms with van der Waals surface area (Å²) < 4.78 is 4.64. The number of aromatic nitrogens is 2. The Morgan fingerprint density at radius 3 is 2.94 bits per heavy atom. The molecule has 1 aromatic heterocycles. The molecule has 1 heterocycles. The van der Waals surface area contributed by atoms with E-state index in [0.717, 1.165) is 5.75 Å². The van der Waals surface area contributed by atoms with E-state index in [1.54, 1.807) is 11.8 Å². The molecule has 0 aliphatic carbocycles. The van der Waals surface area contributed by atoms with E-state index in [1.807, 2.05) is 6.26 Å². The van der Waals surface area contributed by atoms with Gasteiger partial charge in [0, 0.05) is 6.20 Å². The molecule has 6 nitrogen and oxygen atoms in total. The first-order valence-corrected chi connectivity index (χ1v) is 6.44. The lowest BCUT2D eigenvalue weighted by Crippen LogP contribution is -2.41. The van der Waals surface area contributed by atoms with Gasteiger partial charge >= 0.3 is 5.97 Å². The van der Waals surface area contributed by atoms with Gasteiger partial charge in [0.05, 0.1) is 18.9 Å². The number of carbonyl (C=O) groups excluding carboxylic acids is 2. The van der Waals surface area contributed by atoms with Gasteiger partial charge in [0.2, 0.25) is 0 Å². The van der Waals surface area contributed by atoms with Crippen molar-refractivity contribution in [1.82, 2.24) is 15.5 Å². The molecule has 0 radical (unpaired) electrons. The first-order valence-electron chi connectivity index (χ1n) is 5.05. The number of esters is 1. The van der Waals surface area contributed by atoms with Gasteiger partial charge in [0.15, 0.2) is 0 Å². The molecule has 7 heteroatoms. The predicted molar refractivity (Wildman–Crippen MR) is 64.9 cm³/mol. The molecule has 0 bridgehead atoms. The van der Waals surface area contributed by atoms with Crippen molar-refractivity contribution in [2.75, 3.05) is 19.1 Å². The highest BCUT2D eigenvalue weighted by Gasteiger charge is 2.21. The number of rotatable bonds is 6. The highest BCUT2D eigenvalue weighted by atomic mass is 32.2. The van der Waals surface area contributed by atoms with E-state index in [0.29, 0.717) is 12.0 Å². The smallest absolute Gasteiger partial charge is 0.328 e. The number of nitrogens with zero attached hydrogens (tertiary/aromatic N) is 1. The zero-order chi connectivity index (χ0) is 12.7. The Morgan fingerprint density at radius 1 is 1.65 bits per heavy atom. The first kappa shape index (κ1) is 13.6. The summed E-state index contributed by atoms with van der Waals surface area (Å²) in [5.74, 6) is -0.00281. The predicted octanol–water partition coefficient (Wildman–Crippen LogP) is 0.434. The van der Waals surface area contributed by atoms with Gasteiger partial charge in [-0.25, -0.2) is 4.79 Å². The Morgan fingerprint density at radius 2 is 2.41 bits per heavy atom. The van der Waals surface area contributed by atoms with E-state index in [4.69, 9.17) is 0 Å². The SMILES string of the molecule is COC(=O)C(CCSC)NC(=O)c1cn[nH]c1. The van der Waals surface area contributed by atoms with Gasteiger partial charge < -0.3 is 10.1 Å². The topological polar surface area (TPSA) is 84.1 Å². The molecule has 1 unspecified atom stereocenters. The zero-order valence-corrected chi connectivity index (χ0v) is 10.5. The van der Waals surface area contributed by atoms with Gasteiger partial charge in [-0.15, -0.1) is 0 Å². The van der Waals surface area contributed by atoms with Crippen LogP contribution in [0.15, 0.2) is 12.4 Å². The van der Waals surface area contributed by atoms with Crippen LogP contribution in [0, 0.1) is 0 Å². The molecule has 0 fully saturated rings. The van der Waals surface area contributed by atoms with Crippen molar-refractivity contribution in [3.8, 4) is 0 Å². The monoisotopic (exact) mass is 257 g/mol. The summed E-state index contributed by atoms with van der Waals surface area (Å²) in [7, 11) is 1.30. The molecule has 0 aliphatic heterocycles. The third kappa shape index (κ3) is 4.10. The van der Waals surface area contributed by atoms with Crippen molar-refractivity contribution in [2.24, 2.45) is 0 Å². The summed E-state index contributed by atoms with van der Waals surface area (Å²) in [4.78, 5) is 23.2. The van der Waals surface area contributed by atoms with Crippen LogP contribution in [0.1, 0.15) is 16.8 Å². The molecule has 1 amide bonds. The lowest BCUT2D eigenvalue weighted by Gasteiger charge is -2.15. The molecular formula is C10H15N3O3S. The maximum Gasteiger partial charge on any atom is 0.328 e. The molecule has 0 saturated carbocycles. The molecule has 0 aromatic carbocycles. The highest BCUT2D eigenvalue weighted by molar-refractivity contribution is 7.98. The molecule has 1 atom stereocenters. The van der Waals surface area contributed by atoms with E-state index in [1.165, 1.54) is 19.5 Å². The Labute approximate surface area is 103 Å². The van der Waals surface area contributed by atoms with Gasteiger partial charge in [0.25, 0.3) is 5.91 Å². The maximum absolute atomic E-state index is 11.7. The fourth-order valence-electron chi connectivity index (χ4n) is 1.24. The highest BCUT2D eigenvalue weighted by Crippen LogP contribution is 2.04. The maximum atomic E-state index is 11.7. The van der Waals surface area contributed by atoms with Crippen LogP contribution in [0.4, 0.5) is 0 Å². The fraction of sp³-hybridized carbons (Fsp3) is 0.500. The third-order valence-corrected chi connectivity index (χ3v) is 2.81. The molecule has 2 N–H and O–H groups in total. The number of ether oxygens (including phenoxy) is 1. The van der Waals surface area contributed by atoms with Crippen molar-refractivity contribution in [1.29, 1.82) is 0 Å². The molecule has 0 saturated heterocycles. The van der Waals surface area contributed by atoms with E-state index < -0.39 is 12.0 Å². The van der Waals surface area contributed by atoms with Crippen molar-refractivity contribution in [3.05, 3.63) is 18.0 Å². The van der Waals surface area contributed by atoms with Gasteiger partial charge in [0.1, 0.15) is 6.04 Å². The Bertz CT molecular complexity index is 367. The number of nitrogens with one attached hydrogen (secondary N) is 2. The second kappa shape index (κ2) is 6.95. The Hall–Kier alpha value is -1.50. The fourth-order valence-corrected chi connectivity index (χ4v) is 1.71. The number of hydrogen-bond acceptors (Lipinski definition) is 5. The van der Waals surface area contributed by atoms with Gasteiger partial charge in [-0.1, -0.05) is 0 Å². The van der Waals surface area contributed by atoms with E-state index >= 15 is 0 Å². The van der Waals surface area contributed by atoms with Crippen molar-refractivity contribution >= 4 is 23.6 Å². The van der Waals surface area contributed by atoms with Gasteiger partial charge in [-0.3, -0.25) is 9.89 Å². The van der Waals surface area contributed by atoms with E-state index in [-0.39, 0.29) is 5.91 Å². The number of carbonyl (C=O) groups is 2.